The molecule has 2 heterocycles. The number of halogens is 1. The number of aromatic hydroxyl groups is 1. The molecule has 2 aliphatic rings. The molecule has 134 valence electrons. The van der Waals surface area contributed by atoms with E-state index in [-0.39, 0.29) is 17.3 Å². The number of piperidine rings is 1. The highest BCUT2D eigenvalue weighted by atomic mass is 35.5. The first-order chi connectivity index (χ1) is 12.6. The third-order valence-electron chi connectivity index (χ3n) is 5.07. The van der Waals surface area contributed by atoms with Crippen LogP contribution >= 0.6 is 11.6 Å². The molecule has 0 atom stereocenters. The standard InChI is InChI=1S/C21H20ClNO3/c22-15-6-4-14(5-7-15)12-19-20(25)16-8-9-18(24)17(21(16)26-19)13-23-10-2-1-3-11-23/h4-9,12,24H,1-3,10-11,13H2/p+1/b19-12-. The van der Waals surface area contributed by atoms with Gasteiger partial charge in [-0.25, -0.2) is 0 Å². The van der Waals surface area contributed by atoms with E-state index in [1.165, 1.54) is 24.2 Å². The minimum Gasteiger partial charge on any atom is -0.507 e. The molecule has 26 heavy (non-hydrogen) atoms. The van der Waals surface area contributed by atoms with Crippen LogP contribution in [0.15, 0.2) is 42.2 Å². The van der Waals surface area contributed by atoms with E-state index >= 15 is 0 Å². The fraction of sp³-hybridized carbons (Fsp3) is 0.286. The van der Waals surface area contributed by atoms with Crippen molar-refractivity contribution in [1.29, 1.82) is 0 Å². The zero-order valence-corrected chi connectivity index (χ0v) is 15.2. The minimum absolute atomic E-state index is 0.148. The van der Waals surface area contributed by atoms with Crippen molar-refractivity contribution < 1.29 is 19.5 Å². The number of hydrogen-bond donors (Lipinski definition) is 2. The summed E-state index contributed by atoms with van der Waals surface area (Å²) in [7, 11) is 0. The van der Waals surface area contributed by atoms with Crippen molar-refractivity contribution in [1.82, 2.24) is 0 Å². The third-order valence-corrected chi connectivity index (χ3v) is 5.32. The second-order valence-corrected chi connectivity index (χ2v) is 7.36. The summed E-state index contributed by atoms with van der Waals surface area (Å²) >= 11 is 5.91. The molecule has 0 unspecified atom stereocenters. The van der Waals surface area contributed by atoms with Crippen molar-refractivity contribution in [3.63, 3.8) is 0 Å². The highest BCUT2D eigenvalue weighted by molar-refractivity contribution is 6.30. The smallest absolute Gasteiger partial charge is 0.231 e. The first kappa shape index (κ1) is 17.1. The molecule has 0 radical (unpaired) electrons. The van der Waals surface area contributed by atoms with Crippen LogP contribution < -0.4 is 9.64 Å². The summed E-state index contributed by atoms with van der Waals surface area (Å²) in [6, 6.07) is 10.5. The van der Waals surface area contributed by atoms with Gasteiger partial charge >= 0.3 is 0 Å². The number of likely N-dealkylation sites (tertiary alicyclic amines) is 1. The van der Waals surface area contributed by atoms with Crippen LogP contribution in [0.1, 0.15) is 40.7 Å². The number of quaternary nitrogens is 1. The molecule has 2 aromatic rings. The maximum Gasteiger partial charge on any atom is 0.231 e. The number of allylic oxidation sites excluding steroid dienone is 1. The average Bonchev–Trinajstić information content (AvgIpc) is 2.96. The molecule has 0 amide bonds. The number of nitrogens with one attached hydrogen (secondary N) is 1. The van der Waals surface area contributed by atoms with E-state index in [2.05, 4.69) is 0 Å². The number of benzene rings is 2. The van der Waals surface area contributed by atoms with Crippen LogP contribution in [0.4, 0.5) is 0 Å². The third kappa shape index (κ3) is 3.35. The number of phenolic OH excluding ortho intramolecular Hbond substituents is 1. The Morgan fingerprint density at radius 2 is 1.81 bits per heavy atom. The van der Waals surface area contributed by atoms with E-state index in [4.69, 9.17) is 16.3 Å². The zero-order valence-electron chi connectivity index (χ0n) is 14.4. The number of rotatable bonds is 3. The molecule has 0 saturated carbocycles. The second kappa shape index (κ2) is 7.14. The zero-order chi connectivity index (χ0) is 18.1. The molecule has 4 rings (SSSR count). The van der Waals surface area contributed by atoms with Gasteiger partial charge in [-0.3, -0.25) is 4.79 Å². The molecular weight excluding hydrogens is 350 g/mol. The Balaban J connectivity index is 1.64. The summed E-state index contributed by atoms with van der Waals surface area (Å²) in [6.45, 7) is 2.85. The second-order valence-electron chi connectivity index (χ2n) is 6.92. The first-order valence-electron chi connectivity index (χ1n) is 9.00. The van der Waals surface area contributed by atoms with Crippen molar-refractivity contribution in [3.8, 4) is 11.5 Å². The molecule has 1 fully saturated rings. The van der Waals surface area contributed by atoms with Gasteiger partial charge in [-0.05, 0) is 55.2 Å². The lowest BCUT2D eigenvalue weighted by Crippen LogP contribution is -3.11. The van der Waals surface area contributed by atoms with Crippen LogP contribution in [0.25, 0.3) is 6.08 Å². The first-order valence-corrected chi connectivity index (χ1v) is 9.38. The van der Waals surface area contributed by atoms with Gasteiger partial charge in [-0.1, -0.05) is 23.7 Å². The van der Waals surface area contributed by atoms with Gasteiger partial charge in [0.2, 0.25) is 5.78 Å². The Morgan fingerprint density at radius 1 is 1.08 bits per heavy atom. The van der Waals surface area contributed by atoms with Gasteiger partial charge < -0.3 is 14.7 Å². The molecule has 0 bridgehead atoms. The summed E-state index contributed by atoms with van der Waals surface area (Å²) in [6.07, 6.45) is 5.39. The predicted molar refractivity (Wildman–Crippen MR) is 101 cm³/mol. The fourth-order valence-electron chi connectivity index (χ4n) is 3.66. The molecule has 5 heteroatoms. The van der Waals surface area contributed by atoms with Crippen LogP contribution in [-0.4, -0.2) is 24.0 Å². The summed E-state index contributed by atoms with van der Waals surface area (Å²) in [4.78, 5) is 14.1. The average molecular weight is 371 g/mol. The summed E-state index contributed by atoms with van der Waals surface area (Å²) in [5.74, 6) is 0.836. The van der Waals surface area contributed by atoms with Crippen molar-refractivity contribution >= 4 is 23.5 Å². The maximum absolute atomic E-state index is 12.7. The lowest BCUT2D eigenvalue weighted by Gasteiger charge is -2.24. The number of carbonyl (C=O) groups is 1. The van der Waals surface area contributed by atoms with Crippen molar-refractivity contribution in [2.45, 2.75) is 25.8 Å². The largest absolute Gasteiger partial charge is 0.507 e. The van der Waals surface area contributed by atoms with Gasteiger partial charge in [0.15, 0.2) is 11.5 Å². The Labute approximate surface area is 157 Å². The van der Waals surface area contributed by atoms with E-state index < -0.39 is 0 Å². The topological polar surface area (TPSA) is 51.0 Å². The predicted octanol–water partition coefficient (Wildman–Crippen LogP) is 3.23. The molecule has 0 spiro atoms. The van der Waals surface area contributed by atoms with Crippen molar-refractivity contribution in [2.24, 2.45) is 0 Å². The van der Waals surface area contributed by atoms with Crippen molar-refractivity contribution in [2.75, 3.05) is 13.1 Å². The molecule has 2 aromatic carbocycles. The lowest BCUT2D eigenvalue weighted by atomic mass is 10.0. The Kier molecular flexibility index (Phi) is 4.70. The summed E-state index contributed by atoms with van der Waals surface area (Å²) in [5, 5.41) is 11.0. The van der Waals surface area contributed by atoms with E-state index in [9.17, 15) is 9.90 Å². The van der Waals surface area contributed by atoms with Crippen LogP contribution in [0.3, 0.4) is 0 Å². The van der Waals surface area contributed by atoms with Gasteiger partial charge in [0, 0.05) is 5.02 Å². The van der Waals surface area contributed by atoms with Gasteiger partial charge in [-0.2, -0.15) is 0 Å². The van der Waals surface area contributed by atoms with Gasteiger partial charge in [0.05, 0.1) is 24.2 Å². The molecule has 0 aliphatic carbocycles. The quantitative estimate of drug-likeness (QED) is 0.815. The fourth-order valence-corrected chi connectivity index (χ4v) is 3.78. The van der Waals surface area contributed by atoms with E-state index in [0.29, 0.717) is 22.9 Å². The Hall–Kier alpha value is -2.30. The Morgan fingerprint density at radius 3 is 2.54 bits per heavy atom. The lowest BCUT2D eigenvalue weighted by molar-refractivity contribution is -0.918. The minimum atomic E-state index is -0.148. The normalized spacial score (nSPS) is 18.8. The van der Waals surface area contributed by atoms with Gasteiger partial charge in [0.1, 0.15) is 12.3 Å². The number of fused-ring (bicyclic) bond motifs is 1. The van der Waals surface area contributed by atoms with Gasteiger partial charge in [0.25, 0.3) is 0 Å². The van der Waals surface area contributed by atoms with Gasteiger partial charge in [-0.15, -0.1) is 0 Å². The molecule has 1 saturated heterocycles. The summed E-state index contributed by atoms with van der Waals surface area (Å²) in [5.41, 5.74) is 2.10. The highest BCUT2D eigenvalue weighted by Gasteiger charge is 2.32. The molecule has 2 aliphatic heterocycles. The molecule has 4 nitrogen and oxygen atoms in total. The molecular formula is C21H21ClNO3+. The van der Waals surface area contributed by atoms with E-state index in [1.807, 2.05) is 12.1 Å². The van der Waals surface area contributed by atoms with Crippen LogP contribution in [0, 0.1) is 0 Å². The molecule has 0 aromatic heterocycles. The monoisotopic (exact) mass is 370 g/mol. The number of phenols is 1. The number of Topliss-reactive ketones (excluding diaryl/α,β-unsaturated/α-hetero) is 1. The van der Waals surface area contributed by atoms with Crippen LogP contribution in [-0.2, 0) is 6.54 Å². The van der Waals surface area contributed by atoms with E-state index in [0.717, 1.165) is 24.2 Å². The van der Waals surface area contributed by atoms with Crippen molar-refractivity contribution in [3.05, 3.63) is 63.9 Å². The van der Waals surface area contributed by atoms with Crippen LogP contribution in [0.2, 0.25) is 5.02 Å². The Bertz CT molecular complexity index is 868. The molecule has 2 N–H and O–H groups in total. The van der Waals surface area contributed by atoms with Crippen LogP contribution in [0.5, 0.6) is 11.5 Å². The number of ketones is 1. The SMILES string of the molecule is O=C1/C(=C/c2ccc(Cl)cc2)Oc2c1ccc(O)c2C[NH+]1CCCCC1. The maximum atomic E-state index is 12.7. The highest BCUT2D eigenvalue weighted by Crippen LogP contribution is 2.39. The number of ether oxygens (including phenoxy) is 1. The number of carbonyl (C=O) groups excluding carboxylic acids is 1. The number of hydrogen-bond acceptors (Lipinski definition) is 3. The summed E-state index contributed by atoms with van der Waals surface area (Å²) < 4.78 is 5.91. The van der Waals surface area contributed by atoms with E-state index in [1.54, 1.807) is 30.3 Å².